The quantitative estimate of drug-likeness (QED) is 0.208. The summed E-state index contributed by atoms with van der Waals surface area (Å²) in [6, 6.07) is 23.7. The van der Waals surface area contributed by atoms with E-state index in [1.165, 1.54) is 13.2 Å². The van der Waals surface area contributed by atoms with Crippen molar-refractivity contribution in [2.75, 3.05) is 19.0 Å². The molecule has 0 saturated carbocycles. The first-order valence-electron chi connectivity index (χ1n) is 10.7. The fraction of sp³-hybridized carbons (Fsp3) is 0.148. The van der Waals surface area contributed by atoms with Gasteiger partial charge in [0.05, 0.1) is 16.7 Å². The molecule has 0 unspecified atom stereocenters. The van der Waals surface area contributed by atoms with Crippen LogP contribution in [0.2, 0.25) is 0 Å². The Labute approximate surface area is 217 Å². The van der Waals surface area contributed by atoms with Crippen LogP contribution in [0.5, 0.6) is 11.5 Å². The van der Waals surface area contributed by atoms with Gasteiger partial charge in [-0.05, 0) is 71.0 Å². The number of para-hydroxylation sites is 1. The van der Waals surface area contributed by atoms with Gasteiger partial charge in [0.15, 0.2) is 18.1 Å². The first-order valence-corrected chi connectivity index (χ1v) is 11.8. The fourth-order valence-corrected chi connectivity index (χ4v) is 4.02. The molecule has 0 aliphatic heterocycles. The molecule has 3 rings (SSSR count). The predicted molar refractivity (Wildman–Crippen MR) is 143 cm³/mol. The molecule has 0 heterocycles. The number of rotatable bonds is 9. The van der Waals surface area contributed by atoms with Crippen LogP contribution in [-0.4, -0.2) is 25.5 Å². The highest BCUT2D eigenvalue weighted by molar-refractivity contribution is 14.1. The molecule has 7 nitrogen and oxygen atoms in total. The van der Waals surface area contributed by atoms with Gasteiger partial charge in [-0.2, -0.15) is 5.26 Å². The topological polar surface area (TPSA) is 100 Å². The van der Waals surface area contributed by atoms with E-state index in [-0.39, 0.29) is 24.1 Å². The van der Waals surface area contributed by atoms with E-state index in [1.807, 2.05) is 61.5 Å². The Hall–Kier alpha value is -3.84. The average molecular weight is 581 g/mol. The lowest BCUT2D eigenvalue weighted by Gasteiger charge is -2.15. The lowest BCUT2D eigenvalue weighted by atomic mass is 10.1. The first kappa shape index (κ1) is 25.8. The summed E-state index contributed by atoms with van der Waals surface area (Å²) in [5, 5.41) is 15.2. The van der Waals surface area contributed by atoms with Crippen LogP contribution in [0.25, 0.3) is 6.08 Å². The van der Waals surface area contributed by atoms with Crippen molar-refractivity contribution < 1.29 is 19.1 Å². The van der Waals surface area contributed by atoms with E-state index in [1.54, 1.807) is 24.3 Å². The van der Waals surface area contributed by atoms with Crippen LogP contribution in [0.15, 0.2) is 78.4 Å². The van der Waals surface area contributed by atoms with Gasteiger partial charge in [-0.1, -0.05) is 48.5 Å². The van der Waals surface area contributed by atoms with Gasteiger partial charge in [-0.15, -0.1) is 0 Å². The summed E-state index contributed by atoms with van der Waals surface area (Å²) in [6.07, 6.45) is 1.49. The predicted octanol–water partition coefficient (Wildman–Crippen LogP) is 5.10. The van der Waals surface area contributed by atoms with Crippen LogP contribution in [-0.2, 0) is 9.59 Å². The second-order valence-corrected chi connectivity index (χ2v) is 8.67. The van der Waals surface area contributed by atoms with Crippen molar-refractivity contribution >= 4 is 46.2 Å². The molecule has 178 valence electrons. The number of hydrogen-bond donors (Lipinski definition) is 2. The van der Waals surface area contributed by atoms with Crippen LogP contribution in [0.3, 0.4) is 0 Å². The molecule has 35 heavy (non-hydrogen) atoms. The first-order chi connectivity index (χ1) is 16.9. The van der Waals surface area contributed by atoms with Crippen molar-refractivity contribution in [3.63, 3.8) is 0 Å². The molecule has 0 fully saturated rings. The monoisotopic (exact) mass is 581 g/mol. The van der Waals surface area contributed by atoms with Crippen LogP contribution in [0.4, 0.5) is 5.69 Å². The van der Waals surface area contributed by atoms with Crippen LogP contribution < -0.4 is 20.1 Å². The van der Waals surface area contributed by atoms with Gasteiger partial charge >= 0.3 is 0 Å². The molecule has 0 aromatic heterocycles. The lowest BCUT2D eigenvalue weighted by molar-refractivity contribution is -0.118. The van der Waals surface area contributed by atoms with E-state index in [0.29, 0.717) is 26.3 Å². The van der Waals surface area contributed by atoms with Gasteiger partial charge in [0, 0.05) is 5.69 Å². The molecule has 1 atom stereocenters. The van der Waals surface area contributed by atoms with Crippen molar-refractivity contribution in [2.24, 2.45) is 0 Å². The molecule has 0 saturated heterocycles. The zero-order chi connectivity index (χ0) is 25.2. The largest absolute Gasteiger partial charge is 0.493 e. The van der Waals surface area contributed by atoms with E-state index in [4.69, 9.17) is 9.47 Å². The summed E-state index contributed by atoms with van der Waals surface area (Å²) >= 11 is 2.06. The molecular formula is C27H24IN3O4. The lowest BCUT2D eigenvalue weighted by Crippen LogP contribution is -2.27. The smallest absolute Gasteiger partial charge is 0.262 e. The minimum Gasteiger partial charge on any atom is -0.493 e. The highest BCUT2D eigenvalue weighted by atomic mass is 127. The number of benzene rings is 3. The van der Waals surface area contributed by atoms with Gasteiger partial charge in [-0.25, -0.2) is 0 Å². The number of methoxy groups -OCH3 is 1. The number of nitriles is 1. The van der Waals surface area contributed by atoms with Gasteiger partial charge < -0.3 is 20.1 Å². The molecule has 0 aliphatic carbocycles. The zero-order valence-electron chi connectivity index (χ0n) is 19.2. The number of nitrogens with zero attached hydrogens (tertiary/aromatic N) is 1. The van der Waals surface area contributed by atoms with Gasteiger partial charge in [0.2, 0.25) is 0 Å². The number of hydrogen-bond acceptors (Lipinski definition) is 5. The van der Waals surface area contributed by atoms with Crippen LogP contribution in [0.1, 0.15) is 24.1 Å². The highest BCUT2D eigenvalue weighted by Gasteiger charge is 2.17. The number of ether oxygens (including phenoxy) is 2. The maximum atomic E-state index is 12.7. The van der Waals surface area contributed by atoms with E-state index in [2.05, 4.69) is 33.2 Å². The molecule has 3 aromatic carbocycles. The molecule has 8 heteroatoms. The highest BCUT2D eigenvalue weighted by Crippen LogP contribution is 2.34. The Morgan fingerprint density at radius 1 is 1.09 bits per heavy atom. The second kappa shape index (κ2) is 12.6. The summed E-state index contributed by atoms with van der Waals surface area (Å²) in [5.74, 6) is -0.00938. The Balaban J connectivity index is 1.72. The third-order valence-electron chi connectivity index (χ3n) is 4.98. The van der Waals surface area contributed by atoms with Crippen molar-refractivity contribution in [2.45, 2.75) is 13.0 Å². The summed E-state index contributed by atoms with van der Waals surface area (Å²) in [5.41, 5.74) is 2.16. The minimum atomic E-state index is -0.476. The van der Waals surface area contributed by atoms with Crippen LogP contribution >= 0.6 is 22.6 Å². The van der Waals surface area contributed by atoms with Crippen molar-refractivity contribution in [1.29, 1.82) is 5.26 Å². The van der Waals surface area contributed by atoms with E-state index in [9.17, 15) is 14.9 Å². The van der Waals surface area contributed by atoms with E-state index < -0.39 is 5.91 Å². The zero-order valence-corrected chi connectivity index (χ0v) is 21.4. The fourth-order valence-electron chi connectivity index (χ4n) is 3.23. The number of nitrogens with one attached hydrogen (secondary N) is 2. The number of carbonyl (C=O) groups excluding carboxylic acids is 2. The molecular weight excluding hydrogens is 557 g/mol. The van der Waals surface area contributed by atoms with E-state index in [0.717, 1.165) is 5.56 Å². The Bertz CT molecular complexity index is 1250. The molecule has 0 radical (unpaired) electrons. The number of halogens is 1. The standard InChI is InChI=1S/C27H24IN3O4/c1-18(20-9-5-3-6-10-20)30-27(33)21(16-29)13-19-14-23(28)26(24(15-19)34-2)35-17-25(32)31-22-11-7-4-8-12-22/h3-15,18H,17H2,1-2H3,(H,30,33)(H,31,32)/b21-13-/t18-/m0/s1. The number of amides is 2. The molecule has 0 aliphatic rings. The van der Waals surface area contributed by atoms with Crippen LogP contribution in [0, 0.1) is 14.9 Å². The van der Waals surface area contributed by atoms with Gasteiger partial charge in [-0.3, -0.25) is 9.59 Å². The number of carbonyl (C=O) groups is 2. The maximum absolute atomic E-state index is 12.7. The van der Waals surface area contributed by atoms with Crippen molar-refractivity contribution in [1.82, 2.24) is 5.32 Å². The number of anilines is 1. The third-order valence-corrected chi connectivity index (χ3v) is 5.78. The second-order valence-electron chi connectivity index (χ2n) is 7.51. The molecule has 0 spiro atoms. The summed E-state index contributed by atoms with van der Waals surface area (Å²) in [7, 11) is 1.48. The van der Waals surface area contributed by atoms with E-state index >= 15 is 0 Å². The third kappa shape index (κ3) is 7.32. The summed E-state index contributed by atoms with van der Waals surface area (Å²) in [6.45, 7) is 1.65. The molecule has 2 amide bonds. The summed E-state index contributed by atoms with van der Waals surface area (Å²) in [4.78, 5) is 24.9. The van der Waals surface area contributed by atoms with Gasteiger partial charge in [0.25, 0.3) is 11.8 Å². The summed E-state index contributed by atoms with van der Waals surface area (Å²) < 4.78 is 11.8. The Kier molecular flexibility index (Phi) is 9.26. The average Bonchev–Trinajstić information content (AvgIpc) is 2.87. The minimum absolute atomic E-state index is 0.0402. The molecule has 2 N–H and O–H groups in total. The Morgan fingerprint density at radius 2 is 1.74 bits per heavy atom. The SMILES string of the molecule is COc1cc(/C=C(/C#N)C(=O)N[C@@H](C)c2ccccc2)cc(I)c1OCC(=O)Nc1ccccc1. The van der Waals surface area contributed by atoms with Gasteiger partial charge in [0.1, 0.15) is 11.6 Å². The van der Waals surface area contributed by atoms with Crippen molar-refractivity contribution in [3.05, 3.63) is 93.1 Å². The maximum Gasteiger partial charge on any atom is 0.262 e. The molecule has 3 aromatic rings. The normalized spacial score (nSPS) is 11.7. The Morgan fingerprint density at radius 3 is 2.37 bits per heavy atom. The molecule has 0 bridgehead atoms. The van der Waals surface area contributed by atoms with Crippen molar-refractivity contribution in [3.8, 4) is 17.6 Å².